The summed E-state index contributed by atoms with van der Waals surface area (Å²) in [5.41, 5.74) is 2.12. The molecule has 2 fully saturated rings. The summed E-state index contributed by atoms with van der Waals surface area (Å²) in [5, 5.41) is 14.5. The van der Waals surface area contributed by atoms with E-state index in [1.165, 1.54) is 0 Å². The van der Waals surface area contributed by atoms with Crippen LogP contribution in [-0.2, 0) is 6.54 Å². The van der Waals surface area contributed by atoms with Crippen molar-refractivity contribution in [2.75, 3.05) is 19.6 Å². The maximum absolute atomic E-state index is 11.0. The van der Waals surface area contributed by atoms with Crippen LogP contribution in [0.2, 0.25) is 0 Å². The molecule has 0 spiro atoms. The minimum atomic E-state index is -0.287. The lowest BCUT2D eigenvalue weighted by Gasteiger charge is -2.24. The van der Waals surface area contributed by atoms with Gasteiger partial charge in [-0.1, -0.05) is 12.1 Å². The molecule has 0 aliphatic carbocycles. The lowest BCUT2D eigenvalue weighted by Crippen LogP contribution is -2.33. The summed E-state index contributed by atoms with van der Waals surface area (Å²) in [5.74, 6) is 1.47. The number of nitro benzene ring substituents is 1. The fourth-order valence-electron chi connectivity index (χ4n) is 3.72. The number of hydrogen-bond donors (Lipinski definition) is 1. The molecule has 0 amide bonds. The van der Waals surface area contributed by atoms with E-state index in [1.807, 2.05) is 13.0 Å². The van der Waals surface area contributed by atoms with E-state index in [-0.39, 0.29) is 10.6 Å². The summed E-state index contributed by atoms with van der Waals surface area (Å²) in [4.78, 5) is 13.2. The van der Waals surface area contributed by atoms with Gasteiger partial charge < -0.3 is 5.32 Å². The van der Waals surface area contributed by atoms with Gasteiger partial charge >= 0.3 is 0 Å². The van der Waals surface area contributed by atoms with Crippen molar-refractivity contribution in [2.24, 2.45) is 11.8 Å². The predicted molar refractivity (Wildman–Crippen MR) is 77.6 cm³/mol. The lowest BCUT2D eigenvalue weighted by molar-refractivity contribution is -0.385. The van der Waals surface area contributed by atoms with E-state index in [0.717, 1.165) is 49.1 Å². The lowest BCUT2D eigenvalue weighted by atomic mass is 9.95. The van der Waals surface area contributed by atoms with Gasteiger partial charge in [-0.2, -0.15) is 0 Å². The highest BCUT2D eigenvalue weighted by molar-refractivity contribution is 5.44. The Balaban J connectivity index is 1.79. The number of nitrogens with one attached hydrogen (secondary N) is 1. The molecule has 1 aromatic carbocycles. The molecule has 2 aliphatic rings. The van der Waals surface area contributed by atoms with Crippen LogP contribution in [0.25, 0.3) is 0 Å². The molecule has 0 aromatic heterocycles. The maximum atomic E-state index is 11.0. The van der Waals surface area contributed by atoms with Gasteiger partial charge in [0.1, 0.15) is 0 Å². The molecule has 2 saturated heterocycles. The van der Waals surface area contributed by atoms with Crippen molar-refractivity contribution < 1.29 is 4.92 Å². The molecule has 1 N–H and O–H groups in total. The van der Waals surface area contributed by atoms with Crippen LogP contribution >= 0.6 is 0 Å². The van der Waals surface area contributed by atoms with Gasteiger partial charge in [-0.05, 0) is 44.3 Å². The SMILES string of the molecule is Cc1c(CN2CC3CNCC3C2C)cccc1[N+](=O)[O-]. The zero-order valence-electron chi connectivity index (χ0n) is 12.0. The summed E-state index contributed by atoms with van der Waals surface area (Å²) in [6.07, 6.45) is 0. The molecule has 20 heavy (non-hydrogen) atoms. The van der Waals surface area contributed by atoms with E-state index in [9.17, 15) is 10.1 Å². The van der Waals surface area contributed by atoms with Crippen LogP contribution in [0.4, 0.5) is 5.69 Å². The first-order valence-corrected chi connectivity index (χ1v) is 7.25. The number of nitrogens with zero attached hydrogens (tertiary/aromatic N) is 2. The summed E-state index contributed by atoms with van der Waals surface area (Å²) >= 11 is 0. The number of fused-ring (bicyclic) bond motifs is 1. The first-order chi connectivity index (χ1) is 9.58. The highest BCUT2D eigenvalue weighted by atomic mass is 16.6. The Kier molecular flexibility index (Phi) is 3.48. The van der Waals surface area contributed by atoms with Crippen LogP contribution in [0.3, 0.4) is 0 Å². The van der Waals surface area contributed by atoms with E-state index < -0.39 is 0 Å². The molecule has 108 valence electrons. The first-order valence-electron chi connectivity index (χ1n) is 7.25. The Labute approximate surface area is 119 Å². The number of rotatable bonds is 3. The van der Waals surface area contributed by atoms with Crippen LogP contribution < -0.4 is 5.32 Å². The van der Waals surface area contributed by atoms with E-state index >= 15 is 0 Å². The number of nitro groups is 1. The van der Waals surface area contributed by atoms with Crippen LogP contribution in [0.5, 0.6) is 0 Å². The molecule has 3 atom stereocenters. The first kappa shape index (κ1) is 13.5. The standard InChI is InChI=1S/C15H21N3O2/c1-10-12(4-3-5-15(10)18(19)20)8-17-9-13-6-16-7-14(13)11(17)2/h3-5,11,13-14,16H,6-9H2,1-2H3. The third-order valence-electron chi connectivity index (χ3n) is 5.04. The zero-order chi connectivity index (χ0) is 14.3. The van der Waals surface area contributed by atoms with Crippen LogP contribution in [-0.4, -0.2) is 35.5 Å². The van der Waals surface area contributed by atoms with Gasteiger partial charge in [-0.25, -0.2) is 0 Å². The zero-order valence-corrected chi connectivity index (χ0v) is 12.0. The van der Waals surface area contributed by atoms with Crippen molar-refractivity contribution >= 4 is 5.69 Å². The minimum Gasteiger partial charge on any atom is -0.316 e. The molecule has 3 rings (SSSR count). The topological polar surface area (TPSA) is 58.4 Å². The van der Waals surface area contributed by atoms with Gasteiger partial charge in [-0.15, -0.1) is 0 Å². The van der Waals surface area contributed by atoms with E-state index in [2.05, 4.69) is 17.1 Å². The molecule has 5 nitrogen and oxygen atoms in total. The fraction of sp³-hybridized carbons (Fsp3) is 0.600. The number of likely N-dealkylation sites (tertiary alicyclic amines) is 1. The Morgan fingerprint density at radius 3 is 2.95 bits per heavy atom. The van der Waals surface area contributed by atoms with Gasteiger partial charge in [0.25, 0.3) is 5.69 Å². The monoisotopic (exact) mass is 275 g/mol. The second-order valence-electron chi connectivity index (χ2n) is 6.07. The van der Waals surface area contributed by atoms with Crippen molar-refractivity contribution in [3.63, 3.8) is 0 Å². The van der Waals surface area contributed by atoms with E-state index in [0.29, 0.717) is 6.04 Å². The summed E-state index contributed by atoms with van der Waals surface area (Å²) in [6, 6.07) is 5.95. The van der Waals surface area contributed by atoms with Crippen molar-refractivity contribution in [1.82, 2.24) is 10.2 Å². The maximum Gasteiger partial charge on any atom is 0.272 e. The average molecular weight is 275 g/mol. The van der Waals surface area contributed by atoms with E-state index in [1.54, 1.807) is 12.1 Å². The molecule has 1 aromatic rings. The second-order valence-corrected chi connectivity index (χ2v) is 6.07. The smallest absolute Gasteiger partial charge is 0.272 e. The third-order valence-corrected chi connectivity index (χ3v) is 5.04. The molecule has 2 aliphatic heterocycles. The number of benzene rings is 1. The Morgan fingerprint density at radius 1 is 1.45 bits per heavy atom. The molecule has 0 bridgehead atoms. The molecule has 5 heteroatoms. The van der Waals surface area contributed by atoms with Gasteiger partial charge in [0.05, 0.1) is 4.92 Å². The van der Waals surface area contributed by atoms with Gasteiger partial charge in [0, 0.05) is 30.8 Å². The van der Waals surface area contributed by atoms with Crippen molar-refractivity contribution in [1.29, 1.82) is 0 Å². The Bertz CT molecular complexity index is 532. The van der Waals surface area contributed by atoms with Crippen LogP contribution in [0.15, 0.2) is 18.2 Å². The van der Waals surface area contributed by atoms with Crippen LogP contribution in [0, 0.1) is 28.9 Å². The highest BCUT2D eigenvalue weighted by Crippen LogP contribution is 2.34. The van der Waals surface area contributed by atoms with Gasteiger partial charge in [0.15, 0.2) is 0 Å². The van der Waals surface area contributed by atoms with Crippen molar-refractivity contribution in [3.8, 4) is 0 Å². The Morgan fingerprint density at radius 2 is 2.25 bits per heavy atom. The predicted octanol–water partition coefficient (Wildman–Crippen LogP) is 1.94. The van der Waals surface area contributed by atoms with Crippen molar-refractivity contribution in [3.05, 3.63) is 39.4 Å². The number of hydrogen-bond acceptors (Lipinski definition) is 4. The third kappa shape index (κ3) is 2.21. The molecular formula is C15H21N3O2. The highest BCUT2D eigenvalue weighted by Gasteiger charge is 2.41. The molecule has 3 unspecified atom stereocenters. The summed E-state index contributed by atoms with van der Waals surface area (Å²) < 4.78 is 0. The quantitative estimate of drug-likeness (QED) is 0.676. The summed E-state index contributed by atoms with van der Waals surface area (Å²) in [6.45, 7) is 8.28. The Hall–Kier alpha value is -1.46. The normalized spacial score (nSPS) is 29.6. The summed E-state index contributed by atoms with van der Waals surface area (Å²) in [7, 11) is 0. The second kappa shape index (κ2) is 5.14. The van der Waals surface area contributed by atoms with E-state index in [4.69, 9.17) is 0 Å². The van der Waals surface area contributed by atoms with Gasteiger partial charge in [-0.3, -0.25) is 15.0 Å². The molecular weight excluding hydrogens is 254 g/mol. The van der Waals surface area contributed by atoms with Crippen molar-refractivity contribution in [2.45, 2.75) is 26.4 Å². The molecule has 2 heterocycles. The largest absolute Gasteiger partial charge is 0.316 e. The minimum absolute atomic E-state index is 0.233. The van der Waals surface area contributed by atoms with Crippen LogP contribution in [0.1, 0.15) is 18.1 Å². The average Bonchev–Trinajstić information content (AvgIpc) is 2.96. The fourth-order valence-corrected chi connectivity index (χ4v) is 3.72. The van der Waals surface area contributed by atoms with Gasteiger partial charge in [0.2, 0.25) is 0 Å². The molecule has 0 radical (unpaired) electrons. The molecule has 0 saturated carbocycles.